The third-order valence-electron chi connectivity index (χ3n) is 6.59. The van der Waals surface area contributed by atoms with Crippen LogP contribution in [0.4, 0.5) is 0 Å². The van der Waals surface area contributed by atoms with Crippen LogP contribution in [-0.4, -0.2) is 30.2 Å². The van der Waals surface area contributed by atoms with Crippen molar-refractivity contribution < 1.29 is 10.0 Å². The molecule has 0 fully saturated rings. The second-order valence-corrected chi connectivity index (χ2v) is 8.54. The number of aliphatic hydroxyl groups is 1. The molecule has 1 aliphatic heterocycles. The third kappa shape index (κ3) is 4.94. The summed E-state index contributed by atoms with van der Waals surface area (Å²) in [4.78, 5) is 5.17. The molecule has 0 saturated carbocycles. The van der Waals surface area contributed by atoms with Crippen molar-refractivity contribution >= 4 is 33.8 Å². The molecule has 1 atom stereocenters. The highest BCUT2D eigenvalue weighted by atomic mass is 16.3. The molecule has 4 aromatic rings. The fourth-order valence-electron chi connectivity index (χ4n) is 4.95. The molecule has 0 spiro atoms. The summed E-state index contributed by atoms with van der Waals surface area (Å²) in [5, 5.41) is 8.53. The highest BCUT2D eigenvalue weighted by Crippen LogP contribution is 2.09. The molecule has 4 heteroatoms. The van der Waals surface area contributed by atoms with Gasteiger partial charge in [0.2, 0.25) is 5.84 Å². The van der Waals surface area contributed by atoms with Crippen molar-refractivity contribution in [3.8, 4) is 0 Å². The topological polar surface area (TPSA) is 37.0 Å². The molecular formula is C30H31BN2O. The number of aliphatic hydroxyl groups excluding tert-OH is 1. The molecule has 5 rings (SSSR count). The van der Waals surface area contributed by atoms with E-state index in [4.69, 9.17) is 5.11 Å². The first-order chi connectivity index (χ1) is 16.8. The first-order valence-corrected chi connectivity index (χ1v) is 11.8. The van der Waals surface area contributed by atoms with Crippen molar-refractivity contribution in [3.63, 3.8) is 0 Å². The van der Waals surface area contributed by atoms with Crippen LogP contribution in [0, 0.1) is 0 Å². The Bertz CT molecular complexity index is 1050. The molecule has 0 bridgehead atoms. The molecule has 4 aromatic carbocycles. The molecule has 2 N–H and O–H groups in total. The molecule has 0 aliphatic carbocycles. The maximum absolute atomic E-state index is 8.53. The lowest BCUT2D eigenvalue weighted by Gasteiger charge is -2.44. The van der Waals surface area contributed by atoms with Crippen LogP contribution in [-0.2, 0) is 0 Å². The van der Waals surface area contributed by atoms with E-state index in [9.17, 15) is 0 Å². The van der Waals surface area contributed by atoms with Gasteiger partial charge in [0.25, 0.3) is 0 Å². The van der Waals surface area contributed by atoms with Crippen LogP contribution in [0.25, 0.3) is 0 Å². The van der Waals surface area contributed by atoms with E-state index in [1.54, 1.807) is 6.20 Å². The monoisotopic (exact) mass is 446 g/mol. The summed E-state index contributed by atoms with van der Waals surface area (Å²) >= 11 is 0. The van der Waals surface area contributed by atoms with Gasteiger partial charge in [-0.3, -0.25) is 4.90 Å². The number of amidine groups is 1. The van der Waals surface area contributed by atoms with Crippen molar-refractivity contribution in [3.05, 3.63) is 134 Å². The fraction of sp³-hybridized carbons (Fsp3) is 0.100. The van der Waals surface area contributed by atoms with Gasteiger partial charge in [0.15, 0.2) is 0 Å². The van der Waals surface area contributed by atoms with E-state index in [1.807, 2.05) is 13.1 Å². The van der Waals surface area contributed by atoms with Gasteiger partial charge in [-0.1, -0.05) is 121 Å². The summed E-state index contributed by atoms with van der Waals surface area (Å²) in [6.45, 7) is 2.89. The SMILES string of the molecule is CC1=NC=C[NH+]1CCO.c1ccc([B-](c2ccccc2)(c2ccccc2)c2ccccc2)cc1. The Morgan fingerprint density at radius 3 is 1.24 bits per heavy atom. The predicted octanol–water partition coefficient (Wildman–Crippen LogP) is 1.83. The van der Waals surface area contributed by atoms with Crippen LogP contribution < -0.4 is 26.8 Å². The third-order valence-corrected chi connectivity index (χ3v) is 6.59. The minimum atomic E-state index is -1.22. The van der Waals surface area contributed by atoms with Crippen LogP contribution in [0.15, 0.2) is 139 Å². The smallest absolute Gasteiger partial charge is 0.202 e. The van der Waals surface area contributed by atoms with Crippen molar-refractivity contribution in [2.45, 2.75) is 6.92 Å². The lowest BCUT2D eigenvalue weighted by molar-refractivity contribution is -0.745. The van der Waals surface area contributed by atoms with Crippen molar-refractivity contribution in [2.24, 2.45) is 4.99 Å². The molecule has 170 valence electrons. The second kappa shape index (κ2) is 11.4. The van der Waals surface area contributed by atoms with Gasteiger partial charge in [-0.25, -0.2) is 4.99 Å². The molecule has 1 heterocycles. The van der Waals surface area contributed by atoms with Crippen LogP contribution in [0.2, 0.25) is 0 Å². The number of aliphatic imine (C=N–C) groups is 1. The number of rotatable bonds is 6. The van der Waals surface area contributed by atoms with Gasteiger partial charge in [0.05, 0.1) is 12.8 Å². The quantitative estimate of drug-likeness (QED) is 0.436. The summed E-state index contributed by atoms with van der Waals surface area (Å²) < 4.78 is 0. The Kier molecular flexibility index (Phi) is 7.87. The fourth-order valence-corrected chi connectivity index (χ4v) is 4.95. The van der Waals surface area contributed by atoms with Gasteiger partial charge in [-0.2, -0.15) is 21.9 Å². The Morgan fingerprint density at radius 2 is 0.971 bits per heavy atom. The second-order valence-electron chi connectivity index (χ2n) is 8.54. The first-order valence-electron chi connectivity index (χ1n) is 11.8. The molecule has 0 saturated heterocycles. The van der Waals surface area contributed by atoms with Gasteiger partial charge < -0.3 is 5.11 Å². The van der Waals surface area contributed by atoms with Gasteiger partial charge in [-0.15, -0.1) is 0 Å². The summed E-state index contributed by atoms with van der Waals surface area (Å²) in [5.41, 5.74) is 5.36. The normalized spacial score (nSPS) is 14.8. The van der Waals surface area contributed by atoms with E-state index in [0.717, 1.165) is 17.3 Å². The minimum Gasteiger partial charge on any atom is -0.390 e. The Morgan fingerprint density at radius 1 is 0.618 bits per heavy atom. The standard InChI is InChI=1S/C24H20B.C6H10N2O/c1-5-13-21(14-6-1)25(22-15-7-2-8-16-22,23-17-9-3-10-18-23)24-19-11-4-12-20-24;1-6-7-2-3-8(6)4-5-9/h1-20H;2-3,9H,4-5H2,1H3/q-1;/p+1. The largest absolute Gasteiger partial charge is 0.390 e. The van der Waals surface area contributed by atoms with Crippen LogP contribution >= 0.6 is 0 Å². The van der Waals surface area contributed by atoms with Crippen molar-refractivity contribution in [1.82, 2.24) is 0 Å². The summed E-state index contributed by atoms with van der Waals surface area (Å²) in [6, 6.07) is 43.5. The van der Waals surface area contributed by atoms with Gasteiger partial charge in [0, 0.05) is 6.92 Å². The molecule has 0 radical (unpaired) electrons. The average molecular weight is 446 g/mol. The molecule has 1 aliphatic rings. The van der Waals surface area contributed by atoms with E-state index in [-0.39, 0.29) is 6.61 Å². The van der Waals surface area contributed by atoms with E-state index < -0.39 is 6.15 Å². The summed E-state index contributed by atoms with van der Waals surface area (Å²) in [7, 11) is 0. The zero-order valence-corrected chi connectivity index (χ0v) is 19.6. The van der Waals surface area contributed by atoms with E-state index in [2.05, 4.69) is 126 Å². The number of hydrogen-bond donors (Lipinski definition) is 2. The zero-order valence-electron chi connectivity index (χ0n) is 19.6. The van der Waals surface area contributed by atoms with E-state index in [0.29, 0.717) is 0 Å². The van der Waals surface area contributed by atoms with Gasteiger partial charge in [0.1, 0.15) is 18.9 Å². The van der Waals surface area contributed by atoms with Crippen LogP contribution in [0.5, 0.6) is 0 Å². The summed E-state index contributed by atoms with van der Waals surface area (Å²) in [5.74, 6) is 1.03. The molecule has 0 aromatic heterocycles. The Balaban J connectivity index is 0.000000257. The molecule has 1 unspecified atom stereocenters. The van der Waals surface area contributed by atoms with E-state index >= 15 is 0 Å². The molecule has 0 amide bonds. The number of nitrogens with zero attached hydrogens (tertiary/aromatic N) is 1. The predicted molar refractivity (Wildman–Crippen MR) is 145 cm³/mol. The van der Waals surface area contributed by atoms with Crippen LogP contribution in [0.3, 0.4) is 0 Å². The lowest BCUT2D eigenvalue weighted by Crippen LogP contribution is -3.09. The molecule has 3 nitrogen and oxygen atoms in total. The Hall–Kier alpha value is -3.73. The highest BCUT2D eigenvalue weighted by Gasteiger charge is 2.31. The number of nitrogens with one attached hydrogen (secondary N) is 1. The zero-order chi connectivity index (χ0) is 23.6. The number of quaternary nitrogens is 1. The molecule has 34 heavy (non-hydrogen) atoms. The Labute approximate surface area is 202 Å². The maximum Gasteiger partial charge on any atom is 0.202 e. The highest BCUT2D eigenvalue weighted by molar-refractivity contribution is 7.19. The first kappa shape index (κ1) is 23.4. The maximum atomic E-state index is 8.53. The summed E-state index contributed by atoms with van der Waals surface area (Å²) in [6.07, 6.45) is 2.48. The van der Waals surface area contributed by atoms with Crippen LogP contribution in [0.1, 0.15) is 6.92 Å². The lowest BCUT2D eigenvalue weighted by atomic mass is 9.13. The van der Waals surface area contributed by atoms with E-state index in [1.165, 1.54) is 21.9 Å². The number of benzene rings is 4. The van der Waals surface area contributed by atoms with Crippen molar-refractivity contribution in [2.75, 3.05) is 13.2 Å². The van der Waals surface area contributed by atoms with Gasteiger partial charge in [-0.05, 0) is 0 Å². The average Bonchev–Trinajstić information content (AvgIpc) is 3.32. The molecular weight excluding hydrogens is 415 g/mol. The van der Waals surface area contributed by atoms with Gasteiger partial charge >= 0.3 is 0 Å². The van der Waals surface area contributed by atoms with Crippen molar-refractivity contribution in [1.29, 1.82) is 0 Å². The number of hydrogen-bond acceptors (Lipinski definition) is 2. The minimum absolute atomic E-state index is 0.215.